The van der Waals surface area contributed by atoms with Gasteiger partial charge >= 0.3 is 0 Å². The molecule has 2 fully saturated rings. The average molecular weight is 488 g/mol. The highest BCUT2D eigenvalue weighted by molar-refractivity contribution is 7.12. The third kappa shape index (κ3) is 5.65. The van der Waals surface area contributed by atoms with Crippen molar-refractivity contribution in [1.82, 2.24) is 15.1 Å². The number of benzene rings is 2. The molecule has 182 valence electrons. The zero-order valence-corrected chi connectivity index (χ0v) is 20.9. The van der Waals surface area contributed by atoms with Gasteiger partial charge < -0.3 is 10.2 Å². The predicted octanol–water partition coefficient (Wildman–Crippen LogP) is 5.32. The van der Waals surface area contributed by atoms with Crippen molar-refractivity contribution in [2.45, 2.75) is 51.2 Å². The van der Waals surface area contributed by atoms with Gasteiger partial charge in [-0.2, -0.15) is 0 Å². The van der Waals surface area contributed by atoms with E-state index in [0.29, 0.717) is 24.4 Å². The molecule has 2 amide bonds. The van der Waals surface area contributed by atoms with Crippen molar-refractivity contribution in [2.75, 3.05) is 19.6 Å². The second kappa shape index (κ2) is 11.2. The van der Waals surface area contributed by atoms with E-state index in [1.54, 1.807) is 4.90 Å². The SMILES string of the molecule is O=C(NCc1ccccc1-c1ccc(CN2CCCC2)cc1)C1CCCCN1C(=O)c1cccs1. The molecule has 0 saturated carbocycles. The Labute approximate surface area is 211 Å². The number of nitrogens with zero attached hydrogens (tertiary/aromatic N) is 2. The standard InChI is InChI=1S/C29H33N3O2S/c33-28(26-10-3-4-18-32(26)29(34)27-11-7-19-35-27)30-20-24-8-1-2-9-25(24)23-14-12-22(13-15-23)21-31-16-5-6-17-31/h1-2,7-9,11-15,19,26H,3-6,10,16-18,20-21H2,(H,30,33). The normalized spacial score (nSPS) is 18.5. The van der Waals surface area contributed by atoms with E-state index in [4.69, 9.17) is 0 Å². The Morgan fingerprint density at radius 1 is 0.886 bits per heavy atom. The second-order valence-electron chi connectivity index (χ2n) is 9.54. The van der Waals surface area contributed by atoms with Gasteiger partial charge in [0.1, 0.15) is 6.04 Å². The molecule has 35 heavy (non-hydrogen) atoms. The molecule has 0 bridgehead atoms. The number of carbonyl (C=O) groups is 2. The van der Waals surface area contributed by atoms with Crippen LogP contribution in [0.4, 0.5) is 0 Å². The highest BCUT2D eigenvalue weighted by Crippen LogP contribution is 2.26. The van der Waals surface area contributed by atoms with E-state index in [1.807, 2.05) is 29.6 Å². The molecule has 2 aromatic carbocycles. The number of likely N-dealkylation sites (tertiary alicyclic amines) is 2. The van der Waals surface area contributed by atoms with Crippen molar-refractivity contribution in [1.29, 1.82) is 0 Å². The van der Waals surface area contributed by atoms with E-state index in [-0.39, 0.29) is 11.8 Å². The first-order valence-electron chi connectivity index (χ1n) is 12.7. The maximum atomic E-state index is 13.2. The number of nitrogens with one attached hydrogen (secondary N) is 1. The maximum Gasteiger partial charge on any atom is 0.264 e. The number of carbonyl (C=O) groups excluding carboxylic acids is 2. The Morgan fingerprint density at radius 2 is 1.66 bits per heavy atom. The van der Waals surface area contributed by atoms with E-state index < -0.39 is 6.04 Å². The predicted molar refractivity (Wildman–Crippen MR) is 141 cm³/mol. The number of hydrogen-bond acceptors (Lipinski definition) is 4. The van der Waals surface area contributed by atoms with Gasteiger partial charge in [-0.05, 0) is 78.9 Å². The summed E-state index contributed by atoms with van der Waals surface area (Å²) in [5.74, 6) is -0.0976. The number of piperidine rings is 1. The number of rotatable bonds is 7. The third-order valence-electron chi connectivity index (χ3n) is 7.14. The summed E-state index contributed by atoms with van der Waals surface area (Å²) in [6.45, 7) is 4.49. The molecule has 1 aromatic heterocycles. The molecule has 3 heterocycles. The lowest BCUT2D eigenvalue weighted by molar-refractivity contribution is -0.126. The largest absolute Gasteiger partial charge is 0.350 e. The Kier molecular flexibility index (Phi) is 7.60. The van der Waals surface area contributed by atoms with Crippen LogP contribution in [0.25, 0.3) is 11.1 Å². The van der Waals surface area contributed by atoms with Gasteiger partial charge in [0.15, 0.2) is 0 Å². The summed E-state index contributed by atoms with van der Waals surface area (Å²) in [7, 11) is 0. The Balaban J connectivity index is 1.25. The summed E-state index contributed by atoms with van der Waals surface area (Å²) >= 11 is 1.43. The zero-order chi connectivity index (χ0) is 24.0. The van der Waals surface area contributed by atoms with Crippen molar-refractivity contribution in [3.63, 3.8) is 0 Å². The van der Waals surface area contributed by atoms with Crippen molar-refractivity contribution < 1.29 is 9.59 Å². The van der Waals surface area contributed by atoms with Crippen LogP contribution in [0.5, 0.6) is 0 Å². The van der Waals surface area contributed by atoms with Crippen LogP contribution in [0, 0.1) is 0 Å². The van der Waals surface area contributed by atoms with Crippen LogP contribution in [0.3, 0.4) is 0 Å². The van der Waals surface area contributed by atoms with E-state index in [9.17, 15) is 9.59 Å². The Morgan fingerprint density at radius 3 is 2.43 bits per heavy atom. The molecule has 0 aliphatic carbocycles. The molecular formula is C29H33N3O2S. The fourth-order valence-electron chi connectivity index (χ4n) is 5.23. The zero-order valence-electron chi connectivity index (χ0n) is 20.1. The van der Waals surface area contributed by atoms with Crippen LogP contribution in [0.2, 0.25) is 0 Å². The molecule has 3 aromatic rings. The van der Waals surface area contributed by atoms with Gasteiger partial charge in [-0.3, -0.25) is 14.5 Å². The molecule has 5 nitrogen and oxygen atoms in total. The summed E-state index contributed by atoms with van der Waals surface area (Å²) < 4.78 is 0. The fourth-order valence-corrected chi connectivity index (χ4v) is 5.91. The van der Waals surface area contributed by atoms with Crippen molar-refractivity contribution in [3.05, 3.63) is 82.0 Å². The van der Waals surface area contributed by atoms with Crippen LogP contribution in [-0.2, 0) is 17.9 Å². The first-order valence-corrected chi connectivity index (χ1v) is 13.6. The fraction of sp³-hybridized carbons (Fsp3) is 0.379. The molecule has 2 aliphatic rings. The third-order valence-corrected chi connectivity index (χ3v) is 8.00. The van der Waals surface area contributed by atoms with Gasteiger partial charge in [0, 0.05) is 19.6 Å². The molecule has 0 radical (unpaired) electrons. The lowest BCUT2D eigenvalue weighted by atomic mass is 9.98. The van der Waals surface area contributed by atoms with Crippen LogP contribution >= 0.6 is 11.3 Å². The van der Waals surface area contributed by atoms with Crippen LogP contribution < -0.4 is 5.32 Å². The molecule has 6 heteroatoms. The lowest BCUT2D eigenvalue weighted by Gasteiger charge is -2.34. The maximum absolute atomic E-state index is 13.2. The monoisotopic (exact) mass is 487 g/mol. The summed E-state index contributed by atoms with van der Waals surface area (Å²) in [6.07, 6.45) is 5.23. The molecular weight excluding hydrogens is 454 g/mol. The van der Waals surface area contributed by atoms with Crippen LogP contribution in [0.1, 0.15) is 52.9 Å². The van der Waals surface area contributed by atoms with Crippen molar-refractivity contribution in [2.24, 2.45) is 0 Å². The minimum atomic E-state index is -0.407. The first-order chi connectivity index (χ1) is 17.2. The molecule has 1 atom stereocenters. The van der Waals surface area contributed by atoms with E-state index in [1.165, 1.54) is 42.8 Å². The molecule has 2 saturated heterocycles. The smallest absolute Gasteiger partial charge is 0.264 e. The average Bonchev–Trinajstić information content (AvgIpc) is 3.62. The van der Waals surface area contributed by atoms with Gasteiger partial charge in [0.05, 0.1) is 4.88 Å². The number of hydrogen-bond donors (Lipinski definition) is 1. The quantitative estimate of drug-likeness (QED) is 0.491. The number of amides is 2. The van der Waals surface area contributed by atoms with Gasteiger partial charge in [0.25, 0.3) is 5.91 Å². The van der Waals surface area contributed by atoms with E-state index >= 15 is 0 Å². The van der Waals surface area contributed by atoms with Crippen LogP contribution in [-0.4, -0.2) is 47.3 Å². The van der Waals surface area contributed by atoms with Gasteiger partial charge in [-0.1, -0.05) is 54.6 Å². The molecule has 1 N–H and O–H groups in total. The second-order valence-corrected chi connectivity index (χ2v) is 10.5. The van der Waals surface area contributed by atoms with E-state index in [2.05, 4.69) is 46.6 Å². The Bertz CT molecular complexity index is 1140. The highest BCUT2D eigenvalue weighted by Gasteiger charge is 2.32. The summed E-state index contributed by atoms with van der Waals surface area (Å²) in [5, 5.41) is 5.04. The molecule has 5 rings (SSSR count). The van der Waals surface area contributed by atoms with Crippen molar-refractivity contribution in [3.8, 4) is 11.1 Å². The molecule has 2 aliphatic heterocycles. The molecule has 1 unspecified atom stereocenters. The Hall–Kier alpha value is -2.96. The summed E-state index contributed by atoms with van der Waals surface area (Å²) in [4.78, 5) is 31.2. The number of thiophene rings is 1. The highest BCUT2D eigenvalue weighted by atomic mass is 32.1. The first kappa shape index (κ1) is 23.8. The van der Waals surface area contributed by atoms with Crippen LogP contribution in [0.15, 0.2) is 66.0 Å². The van der Waals surface area contributed by atoms with Gasteiger partial charge in [-0.25, -0.2) is 0 Å². The van der Waals surface area contributed by atoms with E-state index in [0.717, 1.165) is 36.1 Å². The minimum Gasteiger partial charge on any atom is -0.350 e. The minimum absolute atomic E-state index is 0.0331. The summed E-state index contributed by atoms with van der Waals surface area (Å²) in [6, 6.07) is 20.4. The summed E-state index contributed by atoms with van der Waals surface area (Å²) in [5.41, 5.74) is 4.72. The molecule has 0 spiro atoms. The van der Waals surface area contributed by atoms with Gasteiger partial charge in [0.2, 0.25) is 5.91 Å². The topological polar surface area (TPSA) is 52.7 Å². The lowest BCUT2D eigenvalue weighted by Crippen LogP contribution is -2.51. The van der Waals surface area contributed by atoms with Gasteiger partial charge in [-0.15, -0.1) is 11.3 Å². The van der Waals surface area contributed by atoms with Crippen molar-refractivity contribution >= 4 is 23.2 Å².